The van der Waals surface area contributed by atoms with Crippen molar-refractivity contribution in [2.75, 3.05) is 39.4 Å². The molecule has 2 saturated heterocycles. The Morgan fingerprint density at radius 3 is 2.61 bits per heavy atom. The number of piperidine rings is 1. The van der Waals surface area contributed by atoms with E-state index in [1.165, 1.54) is 4.90 Å². The smallest absolute Gasteiger partial charge is 0.251 e. The van der Waals surface area contributed by atoms with Crippen molar-refractivity contribution < 1.29 is 23.1 Å². The number of likely N-dealkylation sites (tertiary alicyclic amines) is 1. The summed E-state index contributed by atoms with van der Waals surface area (Å²) in [5.41, 5.74) is 1.58. The molecule has 0 spiro atoms. The predicted molar refractivity (Wildman–Crippen MR) is 100 cm³/mol. The van der Waals surface area contributed by atoms with Gasteiger partial charge in [0.05, 0.1) is 19.8 Å². The summed E-state index contributed by atoms with van der Waals surface area (Å²) in [6, 6.07) is 6.76. The highest BCUT2D eigenvalue weighted by Gasteiger charge is 2.35. The number of hydrogen-bond acceptors (Lipinski definition) is 4. The van der Waals surface area contributed by atoms with Crippen LogP contribution in [0.4, 0.5) is 8.78 Å². The number of alkyl halides is 2. The van der Waals surface area contributed by atoms with Crippen LogP contribution in [0.15, 0.2) is 24.3 Å². The first-order valence-corrected chi connectivity index (χ1v) is 9.71. The maximum atomic E-state index is 12.8. The zero-order chi connectivity index (χ0) is 20.1. The number of carbonyl (C=O) groups is 2. The molecule has 8 heteroatoms. The van der Waals surface area contributed by atoms with Crippen LogP contribution in [-0.2, 0) is 9.53 Å². The molecule has 2 fully saturated rings. The molecular weight excluding hydrogens is 368 g/mol. The van der Waals surface area contributed by atoms with Crippen LogP contribution in [0.3, 0.4) is 0 Å². The molecular formula is C20H27F2N3O3. The van der Waals surface area contributed by atoms with E-state index < -0.39 is 19.0 Å². The number of aryl methyl sites for hydroxylation is 1. The summed E-state index contributed by atoms with van der Waals surface area (Å²) in [6.45, 7) is 3.33. The van der Waals surface area contributed by atoms with Crippen molar-refractivity contribution in [1.29, 1.82) is 0 Å². The van der Waals surface area contributed by atoms with Crippen molar-refractivity contribution in [2.45, 2.75) is 38.3 Å². The highest BCUT2D eigenvalue weighted by Crippen LogP contribution is 2.17. The number of morpholine rings is 1. The van der Waals surface area contributed by atoms with Gasteiger partial charge in [0.2, 0.25) is 5.91 Å². The average molecular weight is 395 g/mol. The molecule has 0 aliphatic carbocycles. The second-order valence-electron chi connectivity index (χ2n) is 7.36. The maximum absolute atomic E-state index is 12.8. The summed E-state index contributed by atoms with van der Waals surface area (Å²) in [4.78, 5) is 28.5. The first-order valence-electron chi connectivity index (χ1n) is 9.71. The lowest BCUT2D eigenvalue weighted by Crippen LogP contribution is -2.57. The molecule has 1 atom stereocenters. The number of halogens is 2. The Labute approximate surface area is 163 Å². The molecule has 0 bridgehead atoms. The number of nitrogens with one attached hydrogen (secondary N) is 1. The molecule has 0 saturated carbocycles. The standard InChI is InChI=1S/C20H27F2N3O3/c1-14-4-2-3-5-16(14)19(26)23-15-6-8-24(9-7-15)20(27)17-13-28-11-10-25(17)12-18(21)22/h2-5,15,17-18H,6-13H2,1H3,(H,23,26). The Hall–Kier alpha value is -2.06. The molecule has 154 valence electrons. The number of amides is 2. The molecule has 2 aliphatic rings. The monoisotopic (exact) mass is 395 g/mol. The van der Waals surface area contributed by atoms with Gasteiger partial charge in [-0.15, -0.1) is 0 Å². The van der Waals surface area contributed by atoms with Crippen molar-refractivity contribution in [1.82, 2.24) is 15.1 Å². The van der Waals surface area contributed by atoms with Gasteiger partial charge in [0.1, 0.15) is 6.04 Å². The molecule has 1 aromatic carbocycles. The molecule has 1 aromatic rings. The number of hydrogen-bond donors (Lipinski definition) is 1. The third-order valence-corrected chi connectivity index (χ3v) is 5.43. The third kappa shape index (κ3) is 5.05. The van der Waals surface area contributed by atoms with Crippen LogP contribution in [0.1, 0.15) is 28.8 Å². The van der Waals surface area contributed by atoms with E-state index in [1.807, 2.05) is 25.1 Å². The fraction of sp³-hybridized carbons (Fsp3) is 0.600. The summed E-state index contributed by atoms with van der Waals surface area (Å²) in [5, 5.41) is 3.04. The van der Waals surface area contributed by atoms with E-state index in [0.29, 0.717) is 44.6 Å². The van der Waals surface area contributed by atoms with Crippen LogP contribution in [0.2, 0.25) is 0 Å². The van der Waals surface area contributed by atoms with Crippen LogP contribution in [0.5, 0.6) is 0 Å². The molecule has 0 aromatic heterocycles. The summed E-state index contributed by atoms with van der Waals surface area (Å²) in [5.74, 6) is -0.268. The summed E-state index contributed by atoms with van der Waals surface area (Å²) in [6.07, 6.45) is -1.19. The molecule has 0 radical (unpaired) electrons. The number of carbonyl (C=O) groups excluding carboxylic acids is 2. The van der Waals surface area contributed by atoms with Crippen molar-refractivity contribution >= 4 is 11.8 Å². The quantitative estimate of drug-likeness (QED) is 0.824. The second kappa shape index (κ2) is 9.43. The number of ether oxygens (including phenoxy) is 1. The van der Waals surface area contributed by atoms with E-state index in [0.717, 1.165) is 5.56 Å². The highest BCUT2D eigenvalue weighted by molar-refractivity contribution is 5.95. The number of nitrogens with zero attached hydrogens (tertiary/aromatic N) is 2. The van der Waals surface area contributed by atoms with Gasteiger partial charge in [-0.05, 0) is 31.4 Å². The van der Waals surface area contributed by atoms with E-state index in [4.69, 9.17) is 4.74 Å². The molecule has 1 unspecified atom stereocenters. The molecule has 1 N–H and O–H groups in total. The third-order valence-electron chi connectivity index (χ3n) is 5.43. The van der Waals surface area contributed by atoms with Gasteiger partial charge in [0.25, 0.3) is 12.3 Å². The normalized spacial score (nSPS) is 21.7. The fourth-order valence-corrected chi connectivity index (χ4v) is 3.81. The first-order chi connectivity index (χ1) is 13.5. The van der Waals surface area contributed by atoms with Gasteiger partial charge in [0, 0.05) is 31.2 Å². The lowest BCUT2D eigenvalue weighted by atomic mass is 10.0. The zero-order valence-corrected chi connectivity index (χ0v) is 16.1. The molecule has 3 rings (SSSR count). The number of benzene rings is 1. The van der Waals surface area contributed by atoms with E-state index in [2.05, 4.69) is 5.32 Å². The van der Waals surface area contributed by atoms with Crippen LogP contribution in [0.25, 0.3) is 0 Å². The van der Waals surface area contributed by atoms with Crippen molar-refractivity contribution in [3.05, 3.63) is 35.4 Å². The summed E-state index contributed by atoms with van der Waals surface area (Å²) < 4.78 is 30.9. The second-order valence-corrected chi connectivity index (χ2v) is 7.36. The van der Waals surface area contributed by atoms with Crippen molar-refractivity contribution in [3.63, 3.8) is 0 Å². The van der Waals surface area contributed by atoms with Gasteiger partial charge < -0.3 is 15.0 Å². The summed E-state index contributed by atoms with van der Waals surface area (Å²) >= 11 is 0. The van der Waals surface area contributed by atoms with Crippen molar-refractivity contribution in [3.8, 4) is 0 Å². The van der Waals surface area contributed by atoms with Crippen LogP contribution >= 0.6 is 0 Å². The fourth-order valence-electron chi connectivity index (χ4n) is 3.81. The van der Waals surface area contributed by atoms with Crippen LogP contribution < -0.4 is 5.32 Å². The topological polar surface area (TPSA) is 61.9 Å². The first kappa shape index (κ1) is 20.7. The van der Waals surface area contributed by atoms with E-state index in [9.17, 15) is 18.4 Å². The van der Waals surface area contributed by atoms with E-state index in [1.54, 1.807) is 11.0 Å². The molecule has 2 amide bonds. The van der Waals surface area contributed by atoms with Crippen LogP contribution in [-0.4, -0.2) is 79.5 Å². The molecule has 28 heavy (non-hydrogen) atoms. The lowest BCUT2D eigenvalue weighted by Gasteiger charge is -2.39. The van der Waals surface area contributed by atoms with Gasteiger partial charge in [-0.2, -0.15) is 0 Å². The van der Waals surface area contributed by atoms with Gasteiger partial charge in [-0.3, -0.25) is 14.5 Å². The van der Waals surface area contributed by atoms with Crippen molar-refractivity contribution in [2.24, 2.45) is 0 Å². The zero-order valence-electron chi connectivity index (χ0n) is 16.1. The Bertz CT molecular complexity index is 693. The van der Waals surface area contributed by atoms with Gasteiger partial charge in [0.15, 0.2) is 0 Å². The highest BCUT2D eigenvalue weighted by atomic mass is 19.3. The Kier molecular flexibility index (Phi) is 6.96. The van der Waals surface area contributed by atoms with Crippen LogP contribution in [0, 0.1) is 6.92 Å². The minimum absolute atomic E-state index is 0.00377. The van der Waals surface area contributed by atoms with Gasteiger partial charge in [-0.1, -0.05) is 18.2 Å². The lowest BCUT2D eigenvalue weighted by molar-refractivity contribution is -0.145. The predicted octanol–water partition coefficient (Wildman–Crippen LogP) is 1.68. The summed E-state index contributed by atoms with van der Waals surface area (Å²) in [7, 11) is 0. The molecule has 2 heterocycles. The van der Waals surface area contributed by atoms with Gasteiger partial charge >= 0.3 is 0 Å². The minimum Gasteiger partial charge on any atom is -0.378 e. The van der Waals surface area contributed by atoms with Gasteiger partial charge in [-0.25, -0.2) is 8.78 Å². The number of rotatable bonds is 5. The average Bonchev–Trinajstić information content (AvgIpc) is 2.68. The van der Waals surface area contributed by atoms with E-state index >= 15 is 0 Å². The Morgan fingerprint density at radius 1 is 1.21 bits per heavy atom. The van der Waals surface area contributed by atoms with E-state index in [-0.39, 0.29) is 24.5 Å². The molecule has 2 aliphatic heterocycles. The Balaban J connectivity index is 1.52. The largest absolute Gasteiger partial charge is 0.378 e. The molecule has 6 nitrogen and oxygen atoms in total. The minimum atomic E-state index is -2.48. The SMILES string of the molecule is Cc1ccccc1C(=O)NC1CCN(C(=O)C2COCCN2CC(F)F)CC1. The maximum Gasteiger partial charge on any atom is 0.251 e. The Morgan fingerprint density at radius 2 is 1.93 bits per heavy atom.